The van der Waals surface area contributed by atoms with Gasteiger partial charge in [-0.1, -0.05) is 392 Å². The molecule has 6 aromatic carbocycles. The molecule has 6 aromatic rings. The van der Waals surface area contributed by atoms with E-state index in [1.54, 1.807) is 44.6 Å². The Morgan fingerprint density at radius 1 is 0.316 bits per heavy atom. The van der Waals surface area contributed by atoms with Crippen LogP contribution < -0.4 is 0 Å². The van der Waals surface area contributed by atoms with Crippen molar-refractivity contribution < 1.29 is 0 Å². The average Bonchev–Trinajstić information content (AvgIpc) is 1.55. The lowest BCUT2D eigenvalue weighted by Gasteiger charge is -2.56. The molecule has 0 heterocycles. The summed E-state index contributed by atoms with van der Waals surface area (Å²) >= 11 is 0. The number of nitrogens with zero attached hydrogens (tertiary/aromatic N) is 3. The van der Waals surface area contributed by atoms with E-state index in [0.717, 1.165) is 40.7 Å². The SMILES string of the molecule is CC(C)(C)c1ccc(-c2ccc3c(c2)C(C)(C)C2=CC4C(C=C23)CCC4[Si](C)(C)N(C2CCCCC2)C(C)(C)C)cc1.CC1CC2C=C3C(=CC2C1[Si](C)(C)N(C1CCCCC1)C(C)(C)C)C(C)(C)c1cc(-c2ccc(C(C)(C)C)cc2)ccc13.CCCCC1(CCCC)C2=CC3C(C=C2c2ccc(-c4ccc(C(C)(C)C)cc4)cc21)CCC3[Si](C)(C)N(C1CCCCC1)C(C)(C)C. The summed E-state index contributed by atoms with van der Waals surface area (Å²) in [6.45, 7) is 77.2. The zero-order valence-electron chi connectivity index (χ0n) is 90.3. The summed E-state index contributed by atoms with van der Waals surface area (Å²) in [5.74, 6) is 4.89. The number of unbranched alkanes of at least 4 members (excludes halogenated alkanes) is 2. The first-order valence-corrected chi connectivity index (χ1v) is 63.9. The van der Waals surface area contributed by atoms with Crippen LogP contribution >= 0.6 is 0 Å². The number of fused-ring (bicyclic) bond motifs is 12. The number of allylic oxidation sites excluding steroid dienone is 12. The average molecular weight is 1840 g/mol. The van der Waals surface area contributed by atoms with Gasteiger partial charge in [-0.2, -0.15) is 0 Å². The summed E-state index contributed by atoms with van der Waals surface area (Å²) in [5.41, 5.74) is 35.1. The fraction of sp³-hybridized carbons (Fsp3) is 0.622. The molecule has 0 amide bonds. The first-order valence-electron chi connectivity index (χ1n) is 54.8. The third kappa shape index (κ3) is 19.1. The molecule has 6 fully saturated rings. The van der Waals surface area contributed by atoms with Crippen LogP contribution in [0.5, 0.6) is 0 Å². The van der Waals surface area contributed by atoms with Crippen LogP contribution in [0.25, 0.3) is 50.1 Å². The standard InChI is InChI=1S/C46H69NSi.C41H59NSi.C40H57NSi/c1-11-13-28-46(29-14-12-2)41-31-34(33-20-24-36(25-21-33)44(3,4)5)22-26-38(41)40-30-35-23-27-43(39(35)32-42(40)46)48(9,10)47(45(6,7)8)37-18-16-15-17-19-37;1-27-23-30-24-35-33-22-19-29(28-17-20-31(21-18-28)39(2,3)4)25-36(33)41(8,9)37(35)26-34(30)38(27)43(10,11)42(40(5,6)7)32-15-13-12-14-16-32;1-38(2,3)30-20-16-27(17-21-30)28-18-22-32-34-24-29-19-23-37(33(29)26-36(34)40(7,8)35(32)25-28)42(9,10)41(39(4,5)6)31-14-12-11-13-15-31/h20-22,24-26,30-32,35,37,39,43H,11-19,23,27-29H2,1-10H3;17-22,24-27,30,32,34,38H,12-16,23H2,1-11H3;16-18,20-22,24-26,29,31,33,37H,11-15,19,23H2,1-10H3. The summed E-state index contributed by atoms with van der Waals surface area (Å²) < 4.78 is 9.41. The quantitative estimate of drug-likeness (QED) is 0.0794. The van der Waals surface area contributed by atoms with Gasteiger partial charge in [0, 0.05) is 51.0 Å². The zero-order chi connectivity index (χ0) is 95.8. The number of rotatable bonds is 18. The molecule has 720 valence electrons. The maximum atomic E-state index is 3.16. The molecule has 0 saturated heterocycles. The Balaban J connectivity index is 0.000000146. The van der Waals surface area contributed by atoms with Gasteiger partial charge in [0.2, 0.25) is 0 Å². The third-order valence-electron chi connectivity index (χ3n) is 37.1. The fourth-order valence-corrected chi connectivity index (χ4v) is 48.5. The molecule has 3 nitrogen and oxygen atoms in total. The molecule has 0 aliphatic heterocycles. The van der Waals surface area contributed by atoms with Crippen molar-refractivity contribution in [1.82, 2.24) is 13.7 Å². The van der Waals surface area contributed by atoms with Crippen LogP contribution in [0.2, 0.25) is 55.9 Å². The van der Waals surface area contributed by atoms with Crippen molar-refractivity contribution in [3.8, 4) is 33.4 Å². The number of hydrogen-bond acceptors (Lipinski definition) is 3. The molecular weight excluding hydrogens is 1650 g/mol. The van der Waals surface area contributed by atoms with Gasteiger partial charge in [0.1, 0.15) is 24.7 Å². The molecular formula is C127H185N3Si3. The number of hydrogen-bond donors (Lipinski definition) is 0. The molecule has 0 aromatic heterocycles. The molecule has 0 spiro atoms. The van der Waals surface area contributed by atoms with Crippen LogP contribution in [0.15, 0.2) is 181 Å². The summed E-state index contributed by atoms with van der Waals surface area (Å²) in [5, 5.41) is 0. The predicted molar refractivity (Wildman–Crippen MR) is 589 cm³/mol. The molecule has 133 heavy (non-hydrogen) atoms. The van der Waals surface area contributed by atoms with Gasteiger partial charge < -0.3 is 13.7 Å². The van der Waals surface area contributed by atoms with Crippen molar-refractivity contribution in [2.75, 3.05) is 0 Å². The highest BCUT2D eigenvalue weighted by Gasteiger charge is 2.60. The van der Waals surface area contributed by atoms with Crippen molar-refractivity contribution in [3.63, 3.8) is 0 Å². The Kier molecular flexibility index (Phi) is 28.2. The normalized spacial score (nSPS) is 25.8. The van der Waals surface area contributed by atoms with Gasteiger partial charge in [-0.25, -0.2) is 0 Å². The second kappa shape index (κ2) is 37.4. The minimum absolute atomic E-state index is 0.0304. The van der Waals surface area contributed by atoms with E-state index >= 15 is 0 Å². The van der Waals surface area contributed by atoms with Gasteiger partial charge in [-0.05, 0) is 342 Å². The molecule has 6 heteroatoms. The fourth-order valence-electron chi connectivity index (χ4n) is 31.6. The summed E-state index contributed by atoms with van der Waals surface area (Å²) in [4.78, 5) is 0. The van der Waals surface area contributed by atoms with Gasteiger partial charge in [-0.15, -0.1) is 0 Å². The van der Waals surface area contributed by atoms with E-state index in [2.05, 4.69) is 390 Å². The van der Waals surface area contributed by atoms with Crippen LogP contribution in [0.1, 0.15) is 390 Å². The lowest BCUT2D eigenvalue weighted by Crippen LogP contribution is -2.65. The smallest absolute Gasteiger partial charge is 0.127 e. The molecule has 12 aliphatic rings. The van der Waals surface area contributed by atoms with Gasteiger partial charge in [0.25, 0.3) is 0 Å². The van der Waals surface area contributed by atoms with Crippen molar-refractivity contribution in [2.24, 2.45) is 41.4 Å². The van der Waals surface area contributed by atoms with E-state index in [0.29, 0.717) is 35.5 Å². The van der Waals surface area contributed by atoms with Crippen molar-refractivity contribution in [3.05, 3.63) is 231 Å². The van der Waals surface area contributed by atoms with Crippen LogP contribution in [-0.2, 0) is 32.5 Å². The van der Waals surface area contributed by atoms with Gasteiger partial charge in [0.05, 0.1) is 0 Å². The van der Waals surface area contributed by atoms with E-state index in [4.69, 9.17) is 0 Å². The minimum Gasteiger partial charge on any atom is -0.316 e. The third-order valence-corrected chi connectivity index (χ3v) is 51.5. The molecule has 0 radical (unpaired) electrons. The van der Waals surface area contributed by atoms with Crippen LogP contribution in [-0.4, -0.2) is 73.1 Å². The highest BCUT2D eigenvalue weighted by molar-refractivity contribution is 6.77. The van der Waals surface area contributed by atoms with Crippen molar-refractivity contribution in [1.29, 1.82) is 0 Å². The zero-order valence-corrected chi connectivity index (χ0v) is 93.3. The van der Waals surface area contributed by atoms with Crippen LogP contribution in [0, 0.1) is 41.4 Å². The predicted octanol–water partition coefficient (Wildman–Crippen LogP) is 36.5. The van der Waals surface area contributed by atoms with E-state index in [1.165, 1.54) is 239 Å². The monoisotopic (exact) mass is 1840 g/mol. The lowest BCUT2D eigenvalue weighted by molar-refractivity contribution is 0.138. The Bertz CT molecular complexity index is 5340. The van der Waals surface area contributed by atoms with E-state index < -0.39 is 24.7 Å². The van der Waals surface area contributed by atoms with Gasteiger partial charge in [0.15, 0.2) is 0 Å². The Morgan fingerprint density at radius 3 is 0.940 bits per heavy atom. The van der Waals surface area contributed by atoms with Gasteiger partial charge >= 0.3 is 0 Å². The molecule has 0 bridgehead atoms. The van der Waals surface area contributed by atoms with Crippen LogP contribution in [0.3, 0.4) is 0 Å². The van der Waals surface area contributed by atoms with E-state index in [-0.39, 0.29) is 49.1 Å². The number of benzene rings is 6. The second-order valence-electron chi connectivity index (χ2n) is 54.1. The maximum Gasteiger partial charge on any atom is 0.127 e. The van der Waals surface area contributed by atoms with Crippen molar-refractivity contribution in [2.45, 2.75) is 463 Å². The van der Waals surface area contributed by atoms with E-state index in [9.17, 15) is 0 Å². The summed E-state index contributed by atoms with van der Waals surface area (Å²) in [6, 6.07) is 52.6. The molecule has 10 unspecified atom stereocenters. The van der Waals surface area contributed by atoms with Gasteiger partial charge in [-0.3, -0.25) is 0 Å². The molecule has 10 atom stereocenters. The highest BCUT2D eigenvalue weighted by Crippen LogP contribution is 2.66. The summed E-state index contributed by atoms with van der Waals surface area (Å²) in [6.07, 6.45) is 52.7. The largest absolute Gasteiger partial charge is 0.316 e. The Labute approximate surface area is 817 Å². The molecule has 18 rings (SSSR count). The first kappa shape index (κ1) is 100. The molecule has 12 aliphatic carbocycles. The minimum atomic E-state index is -1.78. The Morgan fingerprint density at radius 2 is 0.609 bits per heavy atom. The van der Waals surface area contributed by atoms with Crippen LogP contribution in [0.4, 0.5) is 0 Å². The maximum absolute atomic E-state index is 3.16. The lowest BCUT2D eigenvalue weighted by atomic mass is 9.68. The Hall–Kier alpha value is -5.71. The molecule has 6 saturated carbocycles. The highest BCUT2D eigenvalue weighted by atomic mass is 28.3. The second-order valence-corrected chi connectivity index (χ2v) is 67.6. The first-order chi connectivity index (χ1) is 62.3. The molecule has 0 N–H and O–H groups in total. The topological polar surface area (TPSA) is 9.72 Å². The van der Waals surface area contributed by atoms with Crippen molar-refractivity contribution >= 4 is 41.4 Å². The summed E-state index contributed by atoms with van der Waals surface area (Å²) in [7, 11) is -5.25. The van der Waals surface area contributed by atoms with E-state index in [1.807, 2.05) is 0 Å².